The van der Waals surface area contributed by atoms with E-state index in [2.05, 4.69) is 4.98 Å². The molecule has 0 aliphatic carbocycles. The molecule has 14 heavy (non-hydrogen) atoms. The fraction of sp³-hybridized carbons (Fsp3) is 0.182. The van der Waals surface area contributed by atoms with Crippen LogP contribution in [0.3, 0.4) is 0 Å². The van der Waals surface area contributed by atoms with Gasteiger partial charge in [-0.3, -0.25) is 4.98 Å². The van der Waals surface area contributed by atoms with Gasteiger partial charge in [-0.15, -0.1) is 0 Å². The molecular formula is C11H12N2O. The molecule has 0 aliphatic rings. The van der Waals surface area contributed by atoms with Crippen molar-refractivity contribution in [2.24, 2.45) is 5.73 Å². The third kappa shape index (κ3) is 2.00. The van der Waals surface area contributed by atoms with Crippen molar-refractivity contribution >= 4 is 0 Å². The second-order valence-electron chi connectivity index (χ2n) is 3.16. The van der Waals surface area contributed by atoms with Crippen LogP contribution in [0.2, 0.25) is 0 Å². The second-order valence-corrected chi connectivity index (χ2v) is 3.16. The molecule has 0 amide bonds. The monoisotopic (exact) mass is 188 g/mol. The first kappa shape index (κ1) is 8.97. The fourth-order valence-electron chi connectivity index (χ4n) is 1.33. The summed E-state index contributed by atoms with van der Waals surface area (Å²) in [5.41, 5.74) is 7.66. The smallest absolute Gasteiger partial charge is 0.108 e. The van der Waals surface area contributed by atoms with Crippen LogP contribution in [0.1, 0.15) is 16.9 Å². The van der Waals surface area contributed by atoms with Gasteiger partial charge in [-0.2, -0.15) is 0 Å². The van der Waals surface area contributed by atoms with E-state index in [9.17, 15) is 0 Å². The highest BCUT2D eigenvalue weighted by Crippen LogP contribution is 2.11. The number of hydrogen-bond donors (Lipinski definition) is 1. The highest BCUT2D eigenvalue weighted by atomic mass is 16.3. The molecule has 2 aromatic heterocycles. The molecule has 0 aliphatic heterocycles. The average molecular weight is 188 g/mol. The SMILES string of the molecule is NCc1coc(Cc2cccnc2)c1. The van der Waals surface area contributed by atoms with Gasteiger partial charge in [0.15, 0.2) is 0 Å². The van der Waals surface area contributed by atoms with Crippen LogP contribution in [0.15, 0.2) is 41.3 Å². The molecule has 0 aromatic carbocycles. The van der Waals surface area contributed by atoms with Gasteiger partial charge in [-0.05, 0) is 17.7 Å². The number of nitrogens with zero attached hydrogens (tertiary/aromatic N) is 1. The minimum Gasteiger partial charge on any atom is -0.469 e. The van der Waals surface area contributed by atoms with Crippen molar-refractivity contribution in [2.75, 3.05) is 0 Å². The van der Waals surface area contributed by atoms with Crippen LogP contribution in [0.25, 0.3) is 0 Å². The zero-order valence-electron chi connectivity index (χ0n) is 7.81. The highest BCUT2D eigenvalue weighted by molar-refractivity contribution is 5.20. The summed E-state index contributed by atoms with van der Waals surface area (Å²) in [6.07, 6.45) is 6.07. The van der Waals surface area contributed by atoms with E-state index in [0.717, 1.165) is 23.3 Å². The van der Waals surface area contributed by atoms with E-state index in [1.807, 2.05) is 24.4 Å². The molecule has 2 aromatic rings. The summed E-state index contributed by atoms with van der Waals surface area (Å²) in [5, 5.41) is 0. The summed E-state index contributed by atoms with van der Waals surface area (Å²) in [5.74, 6) is 0.929. The van der Waals surface area contributed by atoms with Crippen LogP contribution in [0.4, 0.5) is 0 Å². The highest BCUT2D eigenvalue weighted by Gasteiger charge is 2.01. The Morgan fingerprint density at radius 1 is 1.36 bits per heavy atom. The number of hydrogen-bond acceptors (Lipinski definition) is 3. The molecule has 0 unspecified atom stereocenters. The molecule has 3 heteroatoms. The van der Waals surface area contributed by atoms with E-state index < -0.39 is 0 Å². The minimum atomic E-state index is 0.524. The topological polar surface area (TPSA) is 52.0 Å². The molecule has 2 N–H and O–H groups in total. The van der Waals surface area contributed by atoms with Crippen molar-refractivity contribution in [3.8, 4) is 0 Å². The third-order valence-corrected chi connectivity index (χ3v) is 2.04. The van der Waals surface area contributed by atoms with Crippen molar-refractivity contribution < 1.29 is 4.42 Å². The van der Waals surface area contributed by atoms with Gasteiger partial charge in [0.2, 0.25) is 0 Å². The van der Waals surface area contributed by atoms with Crippen molar-refractivity contribution in [3.63, 3.8) is 0 Å². The van der Waals surface area contributed by atoms with Crippen LogP contribution in [0.5, 0.6) is 0 Å². The quantitative estimate of drug-likeness (QED) is 0.798. The lowest BCUT2D eigenvalue weighted by atomic mass is 10.1. The summed E-state index contributed by atoms with van der Waals surface area (Å²) in [6.45, 7) is 0.524. The number of furan rings is 1. The van der Waals surface area contributed by atoms with E-state index in [-0.39, 0.29) is 0 Å². The van der Waals surface area contributed by atoms with E-state index in [1.54, 1.807) is 12.5 Å². The van der Waals surface area contributed by atoms with Gasteiger partial charge in [-0.1, -0.05) is 6.07 Å². The first-order valence-electron chi connectivity index (χ1n) is 4.54. The predicted octanol–water partition coefficient (Wildman–Crippen LogP) is 1.72. The van der Waals surface area contributed by atoms with Crippen molar-refractivity contribution in [2.45, 2.75) is 13.0 Å². The van der Waals surface area contributed by atoms with Crippen molar-refractivity contribution in [3.05, 3.63) is 53.7 Å². The third-order valence-electron chi connectivity index (χ3n) is 2.04. The standard InChI is InChI=1S/C11H12N2O/c12-6-10-5-11(14-8-10)4-9-2-1-3-13-7-9/h1-3,5,7-8H,4,6,12H2. The number of pyridine rings is 1. The predicted molar refractivity (Wildman–Crippen MR) is 53.6 cm³/mol. The Hall–Kier alpha value is -1.61. The molecule has 3 nitrogen and oxygen atoms in total. The Labute approximate surface area is 82.6 Å². The first-order chi connectivity index (χ1) is 6.88. The molecule has 0 atom stereocenters. The Balaban J connectivity index is 2.11. The maximum Gasteiger partial charge on any atom is 0.108 e. The van der Waals surface area contributed by atoms with E-state index in [1.165, 1.54) is 0 Å². The van der Waals surface area contributed by atoms with Crippen LogP contribution < -0.4 is 5.73 Å². The van der Waals surface area contributed by atoms with E-state index >= 15 is 0 Å². The van der Waals surface area contributed by atoms with Crippen molar-refractivity contribution in [1.82, 2.24) is 4.98 Å². The molecule has 2 rings (SSSR count). The average Bonchev–Trinajstić information content (AvgIpc) is 2.67. The molecule has 0 saturated carbocycles. The van der Waals surface area contributed by atoms with Crippen LogP contribution in [-0.4, -0.2) is 4.98 Å². The van der Waals surface area contributed by atoms with Gasteiger partial charge in [0.25, 0.3) is 0 Å². The van der Waals surface area contributed by atoms with Crippen molar-refractivity contribution in [1.29, 1.82) is 0 Å². The van der Waals surface area contributed by atoms with Gasteiger partial charge in [0.05, 0.1) is 6.26 Å². The molecule has 0 spiro atoms. The van der Waals surface area contributed by atoms with Gasteiger partial charge >= 0.3 is 0 Å². The summed E-state index contributed by atoms with van der Waals surface area (Å²) in [7, 11) is 0. The molecule has 72 valence electrons. The van der Waals surface area contributed by atoms with Crippen LogP contribution >= 0.6 is 0 Å². The van der Waals surface area contributed by atoms with Gasteiger partial charge in [0.1, 0.15) is 5.76 Å². The van der Waals surface area contributed by atoms with E-state index in [4.69, 9.17) is 10.2 Å². The molecule has 0 saturated heterocycles. The Kier molecular flexibility index (Phi) is 2.60. The molecule has 0 fully saturated rings. The lowest BCUT2D eigenvalue weighted by molar-refractivity contribution is 0.518. The molecule has 0 bridgehead atoms. The summed E-state index contributed by atoms with van der Waals surface area (Å²) >= 11 is 0. The second kappa shape index (κ2) is 4.07. The lowest BCUT2D eigenvalue weighted by Gasteiger charge is -1.95. The molecule has 0 radical (unpaired) electrons. The Morgan fingerprint density at radius 3 is 2.93 bits per heavy atom. The maximum absolute atomic E-state index is 5.48. The summed E-state index contributed by atoms with van der Waals surface area (Å²) < 4.78 is 5.35. The fourth-order valence-corrected chi connectivity index (χ4v) is 1.33. The zero-order chi connectivity index (χ0) is 9.80. The number of nitrogens with two attached hydrogens (primary N) is 1. The Bertz CT molecular complexity index is 395. The molecular weight excluding hydrogens is 176 g/mol. The lowest BCUT2D eigenvalue weighted by Crippen LogP contribution is -1.93. The van der Waals surface area contributed by atoms with Gasteiger partial charge < -0.3 is 10.2 Å². The van der Waals surface area contributed by atoms with Gasteiger partial charge in [-0.25, -0.2) is 0 Å². The van der Waals surface area contributed by atoms with Crippen LogP contribution in [-0.2, 0) is 13.0 Å². The zero-order valence-corrected chi connectivity index (χ0v) is 7.81. The van der Waals surface area contributed by atoms with E-state index in [0.29, 0.717) is 6.54 Å². The minimum absolute atomic E-state index is 0.524. The van der Waals surface area contributed by atoms with Gasteiger partial charge in [0, 0.05) is 30.9 Å². The number of aromatic nitrogens is 1. The van der Waals surface area contributed by atoms with Crippen LogP contribution in [0, 0.1) is 0 Å². The summed E-state index contributed by atoms with van der Waals surface area (Å²) in [6, 6.07) is 5.92. The molecule has 2 heterocycles. The number of rotatable bonds is 3. The normalized spacial score (nSPS) is 10.4. The maximum atomic E-state index is 5.48. The Morgan fingerprint density at radius 2 is 2.29 bits per heavy atom. The summed E-state index contributed by atoms with van der Waals surface area (Å²) in [4.78, 5) is 4.04. The first-order valence-corrected chi connectivity index (χ1v) is 4.54. The largest absolute Gasteiger partial charge is 0.469 e.